The highest BCUT2D eigenvalue weighted by Crippen LogP contribution is 2.29. The number of carbonyl (C=O) groups is 2. The number of ether oxygens (including phenoxy) is 1. The molecule has 0 radical (unpaired) electrons. The third-order valence-corrected chi connectivity index (χ3v) is 3.98. The van der Waals surface area contributed by atoms with E-state index in [0.717, 1.165) is 17.2 Å². The quantitative estimate of drug-likeness (QED) is 0.498. The van der Waals surface area contributed by atoms with E-state index in [4.69, 9.17) is 4.74 Å². The fourth-order valence-electron chi connectivity index (χ4n) is 2.58. The summed E-state index contributed by atoms with van der Waals surface area (Å²) in [6, 6.07) is 23.1. The van der Waals surface area contributed by atoms with Crippen molar-refractivity contribution in [1.82, 2.24) is 10.9 Å². The number of hydrogen-bond acceptors (Lipinski definition) is 3. The lowest BCUT2D eigenvalue weighted by molar-refractivity contribution is -0.128. The van der Waals surface area contributed by atoms with Gasteiger partial charge < -0.3 is 4.74 Å². The maximum absolute atomic E-state index is 13.5. The third kappa shape index (κ3) is 5.77. The summed E-state index contributed by atoms with van der Waals surface area (Å²) in [5.41, 5.74) is 6.58. The van der Waals surface area contributed by atoms with Gasteiger partial charge in [-0.1, -0.05) is 66.7 Å². The molecule has 2 amide bonds. The van der Waals surface area contributed by atoms with Gasteiger partial charge in [0.2, 0.25) is 0 Å². The fourth-order valence-corrected chi connectivity index (χ4v) is 2.58. The predicted molar refractivity (Wildman–Crippen MR) is 109 cm³/mol. The first-order valence-corrected chi connectivity index (χ1v) is 8.92. The van der Waals surface area contributed by atoms with Crippen molar-refractivity contribution in [2.75, 3.05) is 6.61 Å². The van der Waals surface area contributed by atoms with Crippen LogP contribution in [0.15, 0.2) is 84.9 Å². The second-order valence-corrected chi connectivity index (χ2v) is 6.04. The highest BCUT2D eigenvalue weighted by atomic mass is 19.1. The van der Waals surface area contributed by atoms with Crippen LogP contribution in [0.25, 0.3) is 17.2 Å². The highest BCUT2D eigenvalue weighted by Gasteiger charge is 2.08. The number of para-hydroxylation sites is 1. The van der Waals surface area contributed by atoms with Crippen LogP contribution < -0.4 is 15.6 Å². The monoisotopic (exact) mass is 390 g/mol. The van der Waals surface area contributed by atoms with E-state index in [-0.39, 0.29) is 12.2 Å². The van der Waals surface area contributed by atoms with Gasteiger partial charge in [0.25, 0.3) is 11.8 Å². The van der Waals surface area contributed by atoms with Crippen LogP contribution in [0.3, 0.4) is 0 Å². The van der Waals surface area contributed by atoms with Crippen molar-refractivity contribution in [2.45, 2.75) is 0 Å². The standard InChI is InChI=1S/C23H19FN2O3/c24-20-12-6-4-10-18(20)14-15-22(27)25-26-23(28)16-29-21-13-7-5-11-19(21)17-8-2-1-3-9-17/h1-15H,16H2,(H,25,27)(H,26,28)/b15-14+. The van der Waals surface area contributed by atoms with E-state index >= 15 is 0 Å². The summed E-state index contributed by atoms with van der Waals surface area (Å²) < 4.78 is 19.1. The summed E-state index contributed by atoms with van der Waals surface area (Å²) >= 11 is 0. The second-order valence-electron chi connectivity index (χ2n) is 6.04. The Morgan fingerprint density at radius 2 is 1.55 bits per heavy atom. The first-order valence-electron chi connectivity index (χ1n) is 8.92. The zero-order valence-corrected chi connectivity index (χ0v) is 15.5. The molecule has 0 saturated carbocycles. The Morgan fingerprint density at radius 1 is 0.862 bits per heavy atom. The smallest absolute Gasteiger partial charge is 0.276 e. The predicted octanol–water partition coefficient (Wildman–Crippen LogP) is 3.73. The molecule has 146 valence electrons. The molecule has 6 heteroatoms. The Bertz CT molecular complexity index is 1020. The number of hydrogen-bond donors (Lipinski definition) is 2. The maximum Gasteiger partial charge on any atom is 0.276 e. The largest absolute Gasteiger partial charge is 0.483 e. The van der Waals surface area contributed by atoms with Gasteiger partial charge in [0.05, 0.1) is 0 Å². The van der Waals surface area contributed by atoms with Gasteiger partial charge in [-0.05, 0) is 23.8 Å². The average molecular weight is 390 g/mol. The van der Waals surface area contributed by atoms with Crippen LogP contribution in [-0.2, 0) is 9.59 Å². The molecule has 3 aromatic carbocycles. The van der Waals surface area contributed by atoms with Crippen molar-refractivity contribution in [3.63, 3.8) is 0 Å². The summed E-state index contributed by atoms with van der Waals surface area (Å²) in [7, 11) is 0. The molecule has 0 aromatic heterocycles. The van der Waals surface area contributed by atoms with Crippen LogP contribution in [0.5, 0.6) is 5.75 Å². The van der Waals surface area contributed by atoms with Crippen molar-refractivity contribution in [1.29, 1.82) is 0 Å². The molecule has 0 aliphatic heterocycles. The molecule has 0 fully saturated rings. The summed E-state index contributed by atoms with van der Waals surface area (Å²) in [6.45, 7) is -0.277. The molecule has 0 heterocycles. The molecule has 29 heavy (non-hydrogen) atoms. The zero-order valence-electron chi connectivity index (χ0n) is 15.5. The molecule has 0 atom stereocenters. The summed E-state index contributed by atoms with van der Waals surface area (Å²) in [4.78, 5) is 23.7. The molecule has 0 saturated heterocycles. The van der Waals surface area contributed by atoms with Crippen LogP contribution in [-0.4, -0.2) is 18.4 Å². The lowest BCUT2D eigenvalue weighted by Gasteiger charge is -2.12. The van der Waals surface area contributed by atoms with Gasteiger partial charge >= 0.3 is 0 Å². The van der Waals surface area contributed by atoms with Crippen LogP contribution >= 0.6 is 0 Å². The average Bonchev–Trinajstić information content (AvgIpc) is 2.76. The van der Waals surface area contributed by atoms with Gasteiger partial charge in [-0.25, -0.2) is 4.39 Å². The van der Waals surface area contributed by atoms with Crippen molar-refractivity contribution in [2.24, 2.45) is 0 Å². The number of nitrogens with one attached hydrogen (secondary N) is 2. The number of amides is 2. The van der Waals surface area contributed by atoms with Gasteiger partial charge in [-0.3, -0.25) is 20.4 Å². The molecule has 3 aromatic rings. The molecular formula is C23H19FN2O3. The molecule has 0 spiro atoms. The van der Waals surface area contributed by atoms with Crippen LogP contribution in [0.4, 0.5) is 4.39 Å². The molecular weight excluding hydrogens is 371 g/mol. The van der Waals surface area contributed by atoms with Gasteiger partial charge in [0.1, 0.15) is 11.6 Å². The van der Waals surface area contributed by atoms with Gasteiger partial charge in [-0.2, -0.15) is 0 Å². The van der Waals surface area contributed by atoms with E-state index in [0.29, 0.717) is 5.75 Å². The van der Waals surface area contributed by atoms with Crippen molar-refractivity contribution in [3.05, 3.63) is 96.3 Å². The van der Waals surface area contributed by atoms with Crippen LogP contribution in [0.2, 0.25) is 0 Å². The summed E-state index contributed by atoms with van der Waals surface area (Å²) in [5, 5.41) is 0. The van der Waals surface area contributed by atoms with E-state index in [1.54, 1.807) is 18.2 Å². The molecule has 5 nitrogen and oxygen atoms in total. The Morgan fingerprint density at radius 3 is 2.34 bits per heavy atom. The lowest BCUT2D eigenvalue weighted by Crippen LogP contribution is -2.43. The Labute approximate surface area is 167 Å². The number of hydrazine groups is 1. The lowest BCUT2D eigenvalue weighted by atomic mass is 10.1. The minimum atomic E-state index is -0.591. The SMILES string of the molecule is O=C(/C=C/c1ccccc1F)NNC(=O)COc1ccccc1-c1ccccc1. The van der Waals surface area contributed by atoms with E-state index in [9.17, 15) is 14.0 Å². The van der Waals surface area contributed by atoms with Crippen LogP contribution in [0, 0.1) is 5.82 Å². The molecule has 2 N–H and O–H groups in total. The fraction of sp³-hybridized carbons (Fsp3) is 0.0435. The van der Waals surface area contributed by atoms with Gasteiger partial charge in [0, 0.05) is 17.2 Å². The summed E-state index contributed by atoms with van der Waals surface area (Å²) in [5.74, 6) is -1.00. The normalized spacial score (nSPS) is 10.5. The number of benzene rings is 3. The van der Waals surface area contributed by atoms with Crippen molar-refractivity contribution in [3.8, 4) is 16.9 Å². The highest BCUT2D eigenvalue weighted by molar-refractivity contribution is 5.93. The molecule has 0 aliphatic carbocycles. The van der Waals surface area contributed by atoms with E-state index < -0.39 is 17.6 Å². The Balaban J connectivity index is 1.51. The van der Waals surface area contributed by atoms with Crippen LogP contribution in [0.1, 0.15) is 5.56 Å². The minimum Gasteiger partial charge on any atom is -0.483 e. The molecule has 0 unspecified atom stereocenters. The number of halogens is 1. The number of carbonyl (C=O) groups excluding carboxylic acids is 2. The van der Waals surface area contributed by atoms with Crippen molar-refractivity contribution >= 4 is 17.9 Å². The van der Waals surface area contributed by atoms with E-state index in [1.165, 1.54) is 18.2 Å². The Hall–Kier alpha value is -3.93. The Kier molecular flexibility index (Phi) is 6.73. The van der Waals surface area contributed by atoms with E-state index in [2.05, 4.69) is 10.9 Å². The molecule has 3 rings (SSSR count). The summed E-state index contributed by atoms with van der Waals surface area (Å²) in [6.07, 6.45) is 2.45. The molecule has 0 bridgehead atoms. The first-order chi connectivity index (χ1) is 14.1. The maximum atomic E-state index is 13.5. The van der Waals surface area contributed by atoms with Gasteiger partial charge in [-0.15, -0.1) is 0 Å². The third-order valence-electron chi connectivity index (χ3n) is 3.98. The first kappa shape index (κ1) is 19.8. The second kappa shape index (κ2) is 9.85. The minimum absolute atomic E-state index is 0.273. The number of rotatable bonds is 6. The van der Waals surface area contributed by atoms with E-state index in [1.807, 2.05) is 48.5 Å². The zero-order chi connectivity index (χ0) is 20.5. The van der Waals surface area contributed by atoms with Crippen molar-refractivity contribution < 1.29 is 18.7 Å². The van der Waals surface area contributed by atoms with Gasteiger partial charge in [0.15, 0.2) is 6.61 Å². The topological polar surface area (TPSA) is 67.4 Å². The molecule has 0 aliphatic rings.